The van der Waals surface area contributed by atoms with Gasteiger partial charge in [-0.25, -0.2) is 0 Å². The Labute approximate surface area is 357 Å². The molecule has 0 aromatic carbocycles. The molecular weight excluding hydrogens is 770 g/mol. The highest BCUT2D eigenvalue weighted by atomic mass is 35.5. The van der Waals surface area contributed by atoms with Gasteiger partial charge in [-0.3, -0.25) is 9.59 Å². The molecule has 2 aliphatic heterocycles. The molecule has 0 amide bonds. The summed E-state index contributed by atoms with van der Waals surface area (Å²) < 4.78 is 0. The zero-order valence-corrected chi connectivity index (χ0v) is 36.9. The van der Waals surface area contributed by atoms with Crippen LogP contribution in [-0.2, 0) is 28.9 Å². The summed E-state index contributed by atoms with van der Waals surface area (Å²) in [5, 5.41) is 16.8. The third-order valence-electron chi connectivity index (χ3n) is 19.5. The van der Waals surface area contributed by atoms with Crippen LogP contribution in [0.1, 0.15) is 143 Å². The number of fused-ring (bicyclic) bond motifs is 10. The molecule has 59 heavy (non-hydrogen) atoms. The van der Waals surface area contributed by atoms with Crippen LogP contribution in [0.25, 0.3) is 0 Å². The molecule has 16 atom stereocenters. The second-order valence-corrected chi connectivity index (χ2v) is 22.0. The van der Waals surface area contributed by atoms with E-state index in [1.54, 1.807) is 0 Å². The van der Waals surface area contributed by atoms with Crippen molar-refractivity contribution in [2.45, 2.75) is 168 Å². The Morgan fingerprint density at radius 1 is 0.576 bits per heavy atom. The first kappa shape index (κ1) is 42.0. The molecular formula is C46H71ClN5O7+. The SMILES string of the molecule is C[C@]12CCC(=NO[C@@H]3CCNC3)CC1C(O[N+](=O)OC1C[C@@H]3[C@@H](CC[C@]4(C)C(=O)CC[C@@H]34)[C@@]3(C)CCC(=NO[C@@H]4CCNC4)CC13)C[C@@H]1[C@H]2CC[C@]2(C)C(=O)CC[C@@H]12.Cl. The topological polar surface area (TPSA) is 140 Å². The highest BCUT2D eigenvalue weighted by molar-refractivity contribution is 5.88. The van der Waals surface area contributed by atoms with E-state index in [0.717, 1.165) is 140 Å². The molecule has 2 saturated heterocycles. The highest BCUT2D eigenvalue weighted by Gasteiger charge is 2.66. The van der Waals surface area contributed by atoms with Crippen molar-refractivity contribution in [2.75, 3.05) is 26.2 Å². The molecule has 2 N–H and O–H groups in total. The average Bonchev–Trinajstić information content (AvgIpc) is 4.03. The van der Waals surface area contributed by atoms with Crippen LogP contribution in [0.15, 0.2) is 10.3 Å². The largest absolute Gasteiger partial charge is 0.478 e. The van der Waals surface area contributed by atoms with Crippen LogP contribution in [0.4, 0.5) is 0 Å². The van der Waals surface area contributed by atoms with Gasteiger partial charge < -0.3 is 20.3 Å². The van der Waals surface area contributed by atoms with Crippen LogP contribution in [0.3, 0.4) is 0 Å². The Hall–Kier alpha value is -2.31. The Kier molecular flexibility index (Phi) is 11.2. The highest BCUT2D eigenvalue weighted by Crippen LogP contribution is 2.67. The lowest BCUT2D eigenvalue weighted by Crippen LogP contribution is -2.60. The molecule has 12 nitrogen and oxygen atoms in total. The number of halogens is 1. The maximum Gasteiger partial charge on any atom is 0.478 e. The van der Waals surface area contributed by atoms with Crippen LogP contribution >= 0.6 is 12.4 Å². The number of Topliss-reactive ketones (excluding diaryl/α,β-unsaturated/α-hetero) is 2. The minimum Gasteiger partial charge on any atom is -0.391 e. The van der Waals surface area contributed by atoms with Crippen LogP contribution < -0.4 is 10.6 Å². The van der Waals surface area contributed by atoms with E-state index in [0.29, 0.717) is 65.0 Å². The van der Waals surface area contributed by atoms with Crippen molar-refractivity contribution in [3.8, 4) is 0 Å². The first-order valence-electron chi connectivity index (χ1n) is 23.6. The quantitative estimate of drug-likeness (QED) is 0.236. The first-order chi connectivity index (χ1) is 27.9. The van der Waals surface area contributed by atoms with Gasteiger partial charge in [0.2, 0.25) is 0 Å². The van der Waals surface area contributed by atoms with Crippen molar-refractivity contribution in [1.29, 1.82) is 0 Å². The molecule has 0 aromatic heterocycles. The minimum atomic E-state index is -0.356. The summed E-state index contributed by atoms with van der Waals surface area (Å²) in [6.45, 7) is 12.9. The van der Waals surface area contributed by atoms with E-state index < -0.39 is 0 Å². The molecule has 2 heterocycles. The van der Waals surface area contributed by atoms with E-state index in [1.807, 2.05) is 0 Å². The fraction of sp³-hybridized carbons (Fsp3) is 0.913. The Balaban J connectivity index is 0.00000449. The predicted molar refractivity (Wildman–Crippen MR) is 224 cm³/mol. The van der Waals surface area contributed by atoms with Gasteiger partial charge in [0.05, 0.1) is 11.4 Å². The van der Waals surface area contributed by atoms with Crippen molar-refractivity contribution >= 4 is 35.4 Å². The van der Waals surface area contributed by atoms with E-state index in [2.05, 4.69) is 38.3 Å². The van der Waals surface area contributed by atoms with E-state index in [4.69, 9.17) is 29.7 Å². The molecule has 0 radical (unpaired) electrons. The average molecular weight is 842 g/mol. The lowest BCUT2D eigenvalue weighted by atomic mass is 9.44. The minimum absolute atomic E-state index is 0. The molecule has 8 saturated carbocycles. The summed E-state index contributed by atoms with van der Waals surface area (Å²) in [5.74, 6) is 3.30. The van der Waals surface area contributed by atoms with Gasteiger partial charge in [0.15, 0.2) is 12.2 Å². The van der Waals surface area contributed by atoms with E-state index in [9.17, 15) is 14.5 Å². The summed E-state index contributed by atoms with van der Waals surface area (Å²) in [7, 11) is 0. The second kappa shape index (κ2) is 15.8. The Morgan fingerprint density at radius 3 is 1.42 bits per heavy atom. The van der Waals surface area contributed by atoms with Gasteiger partial charge >= 0.3 is 5.09 Å². The van der Waals surface area contributed by atoms with Crippen molar-refractivity contribution in [2.24, 2.45) is 79.3 Å². The van der Waals surface area contributed by atoms with Gasteiger partial charge in [0.25, 0.3) is 0 Å². The van der Waals surface area contributed by atoms with Gasteiger partial charge in [-0.15, -0.1) is 12.4 Å². The molecule has 10 fully saturated rings. The molecule has 328 valence electrons. The Bertz CT molecular complexity index is 1600. The van der Waals surface area contributed by atoms with E-state index >= 15 is 0 Å². The number of hydrogen-bond donors (Lipinski definition) is 2. The summed E-state index contributed by atoms with van der Waals surface area (Å²) in [6.07, 6.45) is 15.4. The van der Waals surface area contributed by atoms with Gasteiger partial charge in [-0.05, 0) is 149 Å². The molecule has 0 spiro atoms. The normalized spacial score (nSPS) is 50.1. The van der Waals surface area contributed by atoms with Gasteiger partial charge in [-0.1, -0.05) is 38.0 Å². The molecule has 13 heteroatoms. The van der Waals surface area contributed by atoms with E-state index in [-0.39, 0.29) is 70.3 Å². The number of hydrogen-bond acceptors (Lipinski definition) is 11. The Morgan fingerprint density at radius 2 is 1.02 bits per heavy atom. The van der Waals surface area contributed by atoms with Crippen molar-refractivity contribution in [3.63, 3.8) is 0 Å². The van der Waals surface area contributed by atoms with Crippen molar-refractivity contribution < 1.29 is 34.0 Å². The fourth-order valence-corrected chi connectivity index (χ4v) is 16.1. The maximum absolute atomic E-state index is 14.5. The molecule has 8 aliphatic carbocycles. The zero-order chi connectivity index (χ0) is 40.0. The molecule has 10 rings (SSSR count). The molecule has 10 aliphatic rings. The maximum atomic E-state index is 14.5. The number of ketones is 2. The molecule has 0 aromatic rings. The monoisotopic (exact) mass is 841 g/mol. The number of nitrogens with zero attached hydrogens (tertiary/aromatic N) is 3. The third-order valence-corrected chi connectivity index (χ3v) is 19.5. The number of nitrogens with one attached hydrogen (secondary N) is 2. The smallest absolute Gasteiger partial charge is 0.391 e. The lowest BCUT2D eigenvalue weighted by molar-refractivity contribution is -0.996. The van der Waals surface area contributed by atoms with Crippen LogP contribution in [0.2, 0.25) is 0 Å². The van der Waals surface area contributed by atoms with Crippen molar-refractivity contribution in [1.82, 2.24) is 10.6 Å². The molecule has 0 bridgehead atoms. The standard InChI is InChI=1S/C46H70N5O7.ClH/c1-43-15-9-27(49-55-29-13-19-47-25-29)21-37(43)39(23-31-33-5-7-41(52)45(33,3)17-11-35(31)43)57-51(54)58-40-24-32-34-6-8-42(53)46(34,4)18-12-36(32)44(2)16-10-28(22-38(40)44)50-56-30-14-20-48-26-30;/h29-40,47-48H,5-26H2,1-4H3;1H/q+1;/t29-,30-,31+,32+,33+,34+,35-,36-,37?,38?,39?,40?,43-,44-,45+,46+;/m1./s1. The summed E-state index contributed by atoms with van der Waals surface area (Å²) in [4.78, 5) is 66.8. The van der Waals surface area contributed by atoms with Crippen molar-refractivity contribution in [3.05, 3.63) is 4.91 Å². The number of carbonyl (C=O) groups excluding carboxylic acids is 2. The first-order valence-corrected chi connectivity index (χ1v) is 23.6. The van der Waals surface area contributed by atoms with Crippen LogP contribution in [0.5, 0.6) is 0 Å². The van der Waals surface area contributed by atoms with Gasteiger partial charge in [0.1, 0.15) is 28.7 Å². The zero-order valence-electron chi connectivity index (χ0n) is 36.1. The fourth-order valence-electron chi connectivity index (χ4n) is 16.1. The number of oxime groups is 2. The van der Waals surface area contributed by atoms with Gasteiger partial charge in [-0.2, -0.15) is 9.68 Å². The third kappa shape index (κ3) is 6.98. The van der Waals surface area contributed by atoms with Gasteiger partial charge in [0, 0.05) is 61.4 Å². The van der Waals surface area contributed by atoms with Crippen LogP contribution in [0, 0.1) is 73.9 Å². The number of rotatable bonds is 8. The molecule has 4 unspecified atom stereocenters. The second-order valence-electron chi connectivity index (χ2n) is 22.0. The lowest BCUT2D eigenvalue weighted by Gasteiger charge is -2.60. The summed E-state index contributed by atoms with van der Waals surface area (Å²) >= 11 is 0. The summed E-state index contributed by atoms with van der Waals surface area (Å²) in [6, 6.07) is 0. The van der Waals surface area contributed by atoms with Crippen LogP contribution in [-0.4, -0.2) is 78.7 Å². The van der Waals surface area contributed by atoms with E-state index in [1.165, 1.54) is 0 Å². The summed E-state index contributed by atoms with van der Waals surface area (Å²) in [5.41, 5.74) is 1.51. The number of carbonyl (C=O) groups is 2. The predicted octanol–water partition coefficient (Wildman–Crippen LogP) is 7.70.